The van der Waals surface area contributed by atoms with Crippen molar-refractivity contribution in [3.8, 4) is 5.75 Å². The van der Waals surface area contributed by atoms with Crippen molar-refractivity contribution in [2.24, 2.45) is 5.92 Å². The molecule has 6 nitrogen and oxygen atoms in total. The highest BCUT2D eigenvalue weighted by atomic mass is 35.5. The minimum Gasteiger partial charge on any atom is -0.486 e. The number of hydrogen-bond acceptors (Lipinski definition) is 5. The SMILES string of the molecule is Cc1cc(OCc2cc(C(=O)N3CCC(CO)CC3)no2)cc(C)c1Cl. The molecule has 1 saturated heterocycles. The molecule has 1 aromatic carbocycles. The van der Waals surface area contributed by atoms with Crippen LogP contribution < -0.4 is 4.74 Å². The van der Waals surface area contributed by atoms with Crippen molar-refractivity contribution in [2.75, 3.05) is 19.7 Å². The maximum atomic E-state index is 12.5. The summed E-state index contributed by atoms with van der Waals surface area (Å²) in [4.78, 5) is 14.2. The Labute approximate surface area is 157 Å². The molecule has 26 heavy (non-hydrogen) atoms. The summed E-state index contributed by atoms with van der Waals surface area (Å²) >= 11 is 6.16. The third-order valence-corrected chi connectivity index (χ3v) is 5.33. The third-order valence-electron chi connectivity index (χ3n) is 4.73. The number of aliphatic hydroxyl groups excluding tert-OH is 1. The quantitative estimate of drug-likeness (QED) is 0.863. The molecule has 3 rings (SSSR count). The monoisotopic (exact) mass is 378 g/mol. The lowest BCUT2D eigenvalue weighted by Gasteiger charge is -2.30. The lowest BCUT2D eigenvalue weighted by Crippen LogP contribution is -2.39. The molecule has 1 aliphatic heterocycles. The number of benzene rings is 1. The molecule has 0 bridgehead atoms. The molecule has 1 fully saturated rings. The van der Waals surface area contributed by atoms with Gasteiger partial charge in [-0.25, -0.2) is 0 Å². The first-order valence-corrected chi connectivity index (χ1v) is 9.11. The van der Waals surface area contributed by atoms with E-state index in [9.17, 15) is 9.90 Å². The number of likely N-dealkylation sites (tertiary alicyclic amines) is 1. The number of aryl methyl sites for hydroxylation is 2. The van der Waals surface area contributed by atoms with Gasteiger partial charge in [0.15, 0.2) is 11.5 Å². The van der Waals surface area contributed by atoms with Crippen molar-refractivity contribution in [3.63, 3.8) is 0 Å². The van der Waals surface area contributed by atoms with Crippen LogP contribution in [0.4, 0.5) is 0 Å². The van der Waals surface area contributed by atoms with E-state index in [0.717, 1.165) is 29.0 Å². The van der Waals surface area contributed by atoms with E-state index in [1.54, 1.807) is 11.0 Å². The Morgan fingerprint density at radius 3 is 2.58 bits per heavy atom. The number of nitrogens with zero attached hydrogens (tertiary/aromatic N) is 2. The fraction of sp³-hybridized carbons (Fsp3) is 0.474. The number of piperidine rings is 1. The average Bonchev–Trinajstić information content (AvgIpc) is 3.13. The summed E-state index contributed by atoms with van der Waals surface area (Å²) < 4.78 is 11.0. The second-order valence-corrected chi connectivity index (χ2v) is 7.13. The first kappa shape index (κ1) is 18.7. The zero-order valence-corrected chi connectivity index (χ0v) is 15.8. The molecule has 0 radical (unpaired) electrons. The first-order valence-electron chi connectivity index (χ1n) is 8.73. The van der Waals surface area contributed by atoms with E-state index < -0.39 is 0 Å². The Morgan fingerprint density at radius 1 is 1.31 bits per heavy atom. The van der Waals surface area contributed by atoms with Crippen LogP contribution in [0.3, 0.4) is 0 Å². The van der Waals surface area contributed by atoms with Crippen LogP contribution in [0.25, 0.3) is 0 Å². The van der Waals surface area contributed by atoms with E-state index >= 15 is 0 Å². The lowest BCUT2D eigenvalue weighted by atomic mass is 9.98. The molecule has 2 heterocycles. The summed E-state index contributed by atoms with van der Waals surface area (Å²) in [5.41, 5.74) is 2.18. The number of hydrogen-bond donors (Lipinski definition) is 1. The summed E-state index contributed by atoms with van der Waals surface area (Å²) in [6.45, 7) is 5.48. The highest BCUT2D eigenvalue weighted by molar-refractivity contribution is 6.32. The Morgan fingerprint density at radius 2 is 1.96 bits per heavy atom. The van der Waals surface area contributed by atoms with E-state index in [1.807, 2.05) is 26.0 Å². The van der Waals surface area contributed by atoms with Gasteiger partial charge in [0.05, 0.1) is 0 Å². The number of amides is 1. The van der Waals surface area contributed by atoms with Gasteiger partial charge in [-0.3, -0.25) is 4.79 Å². The van der Waals surface area contributed by atoms with Gasteiger partial charge in [-0.05, 0) is 55.9 Å². The molecule has 0 atom stereocenters. The molecule has 1 aliphatic rings. The zero-order chi connectivity index (χ0) is 18.7. The molecule has 1 amide bonds. The second-order valence-electron chi connectivity index (χ2n) is 6.76. The van der Waals surface area contributed by atoms with E-state index in [0.29, 0.717) is 24.6 Å². The summed E-state index contributed by atoms with van der Waals surface area (Å²) in [6, 6.07) is 5.35. The topological polar surface area (TPSA) is 75.8 Å². The van der Waals surface area contributed by atoms with Crippen molar-refractivity contribution in [3.05, 3.63) is 45.8 Å². The largest absolute Gasteiger partial charge is 0.486 e. The number of carbonyl (C=O) groups is 1. The smallest absolute Gasteiger partial charge is 0.276 e. The predicted octanol–water partition coefficient (Wildman–Crippen LogP) is 3.37. The van der Waals surface area contributed by atoms with Crippen molar-refractivity contribution in [1.82, 2.24) is 10.1 Å². The van der Waals surface area contributed by atoms with Crippen LogP contribution in [-0.2, 0) is 6.61 Å². The van der Waals surface area contributed by atoms with Crippen molar-refractivity contribution in [2.45, 2.75) is 33.3 Å². The fourth-order valence-corrected chi connectivity index (χ4v) is 3.22. The molecular formula is C19H23ClN2O4. The maximum absolute atomic E-state index is 12.5. The van der Waals surface area contributed by atoms with E-state index in [4.69, 9.17) is 20.9 Å². The molecule has 0 unspecified atom stereocenters. The van der Waals surface area contributed by atoms with Gasteiger partial charge in [-0.15, -0.1) is 0 Å². The van der Waals surface area contributed by atoms with Crippen molar-refractivity contribution < 1.29 is 19.2 Å². The average molecular weight is 379 g/mol. The van der Waals surface area contributed by atoms with Gasteiger partial charge in [0.1, 0.15) is 12.4 Å². The van der Waals surface area contributed by atoms with Gasteiger partial charge in [0.25, 0.3) is 5.91 Å². The summed E-state index contributed by atoms with van der Waals surface area (Å²) in [7, 11) is 0. The van der Waals surface area contributed by atoms with Crippen molar-refractivity contribution >= 4 is 17.5 Å². The Bertz CT molecular complexity index is 759. The minimum atomic E-state index is -0.144. The minimum absolute atomic E-state index is 0.144. The Hall–Kier alpha value is -2.05. The van der Waals surface area contributed by atoms with Gasteiger partial charge in [-0.1, -0.05) is 16.8 Å². The second kappa shape index (κ2) is 8.10. The van der Waals surface area contributed by atoms with E-state index in [2.05, 4.69) is 5.16 Å². The molecule has 2 aromatic rings. The Balaban J connectivity index is 1.59. The van der Waals surface area contributed by atoms with Crippen LogP contribution in [0, 0.1) is 19.8 Å². The summed E-state index contributed by atoms with van der Waals surface area (Å²) in [5, 5.41) is 13.8. The zero-order valence-electron chi connectivity index (χ0n) is 15.0. The number of carbonyl (C=O) groups excluding carboxylic acids is 1. The molecule has 1 aromatic heterocycles. The van der Waals surface area contributed by atoms with Crippen molar-refractivity contribution in [1.29, 1.82) is 0 Å². The predicted molar refractivity (Wildman–Crippen MR) is 97.5 cm³/mol. The standard InChI is InChI=1S/C19H23ClN2O4/c1-12-7-15(8-13(2)18(12)20)25-11-16-9-17(21-26-16)19(24)22-5-3-14(10-23)4-6-22/h7-9,14,23H,3-6,10-11H2,1-2H3. The van der Waals surface area contributed by atoms with Gasteiger partial charge in [0.2, 0.25) is 0 Å². The van der Waals surface area contributed by atoms with Gasteiger partial charge in [-0.2, -0.15) is 0 Å². The van der Waals surface area contributed by atoms with Crippen LogP contribution in [0.2, 0.25) is 5.02 Å². The number of ether oxygens (including phenoxy) is 1. The first-order chi connectivity index (χ1) is 12.5. The van der Waals surface area contributed by atoms with E-state index in [-0.39, 0.29) is 30.7 Å². The molecule has 0 aliphatic carbocycles. The summed E-state index contributed by atoms with van der Waals surface area (Å²) in [6.07, 6.45) is 1.62. The van der Waals surface area contributed by atoms with Gasteiger partial charge in [0, 0.05) is 30.8 Å². The van der Waals surface area contributed by atoms with Gasteiger partial charge < -0.3 is 19.3 Å². The molecule has 1 N–H and O–H groups in total. The number of halogens is 1. The number of aromatic nitrogens is 1. The molecular weight excluding hydrogens is 356 g/mol. The molecule has 0 saturated carbocycles. The number of aliphatic hydroxyl groups is 1. The third kappa shape index (κ3) is 4.19. The highest BCUT2D eigenvalue weighted by Crippen LogP contribution is 2.26. The van der Waals surface area contributed by atoms with Crippen LogP contribution in [0.15, 0.2) is 22.7 Å². The van der Waals surface area contributed by atoms with Crippen LogP contribution in [0.1, 0.15) is 40.2 Å². The van der Waals surface area contributed by atoms with E-state index in [1.165, 1.54) is 0 Å². The Kier molecular flexibility index (Phi) is 5.84. The van der Waals surface area contributed by atoms with Crippen LogP contribution in [0.5, 0.6) is 5.75 Å². The fourth-order valence-electron chi connectivity index (χ4n) is 3.11. The molecule has 7 heteroatoms. The molecule has 0 spiro atoms. The maximum Gasteiger partial charge on any atom is 0.276 e. The normalized spacial score (nSPS) is 15.3. The van der Waals surface area contributed by atoms with Gasteiger partial charge >= 0.3 is 0 Å². The van der Waals surface area contributed by atoms with Crippen LogP contribution in [-0.4, -0.2) is 40.8 Å². The lowest BCUT2D eigenvalue weighted by molar-refractivity contribution is 0.0640. The molecule has 140 valence electrons. The van der Waals surface area contributed by atoms with Crippen LogP contribution >= 0.6 is 11.6 Å². The highest BCUT2D eigenvalue weighted by Gasteiger charge is 2.25. The summed E-state index contributed by atoms with van der Waals surface area (Å²) in [5.74, 6) is 1.32. The number of rotatable bonds is 5.